The van der Waals surface area contributed by atoms with Crippen LogP contribution in [0.15, 0.2) is 12.7 Å². The van der Waals surface area contributed by atoms with Crippen LogP contribution < -0.4 is 0 Å². The molecule has 0 atom stereocenters. The number of carbonyl (C=O) groups excluding carboxylic acids is 1. The molecule has 0 bridgehead atoms. The molecule has 4 heteroatoms. The van der Waals surface area contributed by atoms with E-state index >= 15 is 0 Å². The van der Waals surface area contributed by atoms with Crippen LogP contribution in [0.2, 0.25) is 0 Å². The topological polar surface area (TPSA) is 63.6 Å². The fraction of sp³-hybridized carbons (Fsp3) is 0.733. The fourth-order valence-electron chi connectivity index (χ4n) is 1.29. The van der Waals surface area contributed by atoms with Gasteiger partial charge in [-0.1, -0.05) is 46.6 Å². The van der Waals surface area contributed by atoms with Crippen molar-refractivity contribution in [2.24, 2.45) is 5.92 Å². The lowest BCUT2D eigenvalue weighted by atomic mass is 10.1. The van der Waals surface area contributed by atoms with E-state index in [0.717, 1.165) is 24.8 Å². The highest BCUT2D eigenvalue weighted by Gasteiger charge is 1.99. The van der Waals surface area contributed by atoms with E-state index in [1.165, 1.54) is 19.3 Å². The molecule has 0 heterocycles. The Bertz CT molecular complexity index is 247. The molecule has 0 aromatic rings. The van der Waals surface area contributed by atoms with Gasteiger partial charge in [0.25, 0.3) is 0 Å². The summed E-state index contributed by atoms with van der Waals surface area (Å²) < 4.78 is 5.05. The summed E-state index contributed by atoms with van der Waals surface area (Å²) in [5.74, 6) is -0.237. The summed E-state index contributed by atoms with van der Waals surface area (Å²) in [6.07, 6.45) is 7.00. The lowest BCUT2D eigenvalue weighted by Crippen LogP contribution is -2.04. The Morgan fingerprint density at radius 1 is 1.26 bits per heavy atom. The van der Waals surface area contributed by atoms with Crippen LogP contribution in [0.25, 0.3) is 0 Å². The van der Waals surface area contributed by atoms with Crippen molar-refractivity contribution in [2.75, 3.05) is 6.61 Å². The van der Waals surface area contributed by atoms with Crippen molar-refractivity contribution in [1.29, 1.82) is 0 Å². The Kier molecular flexibility index (Phi) is 15.5. The largest absolute Gasteiger partial charge is 0.478 e. The molecule has 0 amide bonds. The van der Waals surface area contributed by atoms with Gasteiger partial charge >= 0.3 is 11.9 Å². The van der Waals surface area contributed by atoms with Crippen LogP contribution >= 0.6 is 0 Å². The lowest BCUT2D eigenvalue weighted by Gasteiger charge is -2.05. The predicted octanol–water partition coefficient (Wildman–Crippen LogP) is 3.80. The SMILES string of the molecule is C=CC(=O)O.CCCC(=O)OCCCCCC(C)C. The second kappa shape index (κ2) is 14.7. The van der Waals surface area contributed by atoms with Crippen molar-refractivity contribution >= 4 is 11.9 Å². The molecule has 0 aliphatic rings. The van der Waals surface area contributed by atoms with Crippen molar-refractivity contribution in [3.63, 3.8) is 0 Å². The molecule has 0 saturated carbocycles. The van der Waals surface area contributed by atoms with Gasteiger partial charge in [-0.3, -0.25) is 4.79 Å². The Morgan fingerprint density at radius 2 is 1.84 bits per heavy atom. The van der Waals surface area contributed by atoms with E-state index in [1.807, 2.05) is 6.92 Å². The molecule has 4 nitrogen and oxygen atoms in total. The molecule has 0 aliphatic heterocycles. The quantitative estimate of drug-likeness (QED) is 0.394. The Labute approximate surface area is 116 Å². The lowest BCUT2D eigenvalue weighted by molar-refractivity contribution is -0.143. The van der Waals surface area contributed by atoms with Crippen LogP contribution in [-0.4, -0.2) is 23.7 Å². The molecule has 0 radical (unpaired) electrons. The van der Waals surface area contributed by atoms with Crippen molar-refractivity contribution in [1.82, 2.24) is 0 Å². The number of unbranched alkanes of at least 4 members (excludes halogenated alkanes) is 2. The van der Waals surface area contributed by atoms with E-state index in [-0.39, 0.29) is 5.97 Å². The van der Waals surface area contributed by atoms with Crippen LogP contribution in [0.4, 0.5) is 0 Å². The number of hydrogen-bond acceptors (Lipinski definition) is 3. The van der Waals surface area contributed by atoms with E-state index in [4.69, 9.17) is 9.84 Å². The first kappa shape index (κ1) is 20.0. The molecule has 0 rings (SSSR count). The third-order valence-corrected chi connectivity index (χ3v) is 2.32. The Morgan fingerprint density at radius 3 is 2.26 bits per heavy atom. The first-order valence-electron chi connectivity index (χ1n) is 6.95. The second-order valence-corrected chi connectivity index (χ2v) is 4.76. The zero-order valence-corrected chi connectivity index (χ0v) is 12.5. The van der Waals surface area contributed by atoms with Gasteiger partial charge in [0.2, 0.25) is 0 Å². The Hall–Kier alpha value is -1.32. The van der Waals surface area contributed by atoms with Gasteiger partial charge in [-0.05, 0) is 18.8 Å². The molecule has 0 unspecified atom stereocenters. The summed E-state index contributed by atoms with van der Waals surface area (Å²) in [5, 5.41) is 7.60. The first-order valence-corrected chi connectivity index (χ1v) is 6.95. The number of carbonyl (C=O) groups is 2. The van der Waals surface area contributed by atoms with Crippen molar-refractivity contribution < 1.29 is 19.4 Å². The number of esters is 1. The standard InChI is InChI=1S/C12H24O2.C3H4O2/c1-4-8-12(13)14-10-7-5-6-9-11(2)3;1-2-3(4)5/h11H,4-10H2,1-3H3;2H,1H2,(H,4,5). The van der Waals surface area contributed by atoms with E-state index in [9.17, 15) is 9.59 Å². The van der Waals surface area contributed by atoms with Gasteiger partial charge in [0, 0.05) is 12.5 Å². The zero-order chi connectivity index (χ0) is 15.1. The molecule has 0 aromatic carbocycles. The van der Waals surface area contributed by atoms with Gasteiger partial charge in [0.15, 0.2) is 0 Å². The summed E-state index contributed by atoms with van der Waals surface area (Å²) in [7, 11) is 0. The zero-order valence-electron chi connectivity index (χ0n) is 12.5. The van der Waals surface area contributed by atoms with E-state index in [0.29, 0.717) is 13.0 Å². The highest BCUT2D eigenvalue weighted by molar-refractivity contribution is 5.78. The third-order valence-electron chi connectivity index (χ3n) is 2.32. The number of aliphatic carboxylic acids is 1. The third kappa shape index (κ3) is 22.4. The minimum Gasteiger partial charge on any atom is -0.478 e. The Balaban J connectivity index is 0. The van der Waals surface area contributed by atoms with Crippen molar-refractivity contribution in [3.8, 4) is 0 Å². The van der Waals surface area contributed by atoms with Gasteiger partial charge in [-0.15, -0.1) is 0 Å². The van der Waals surface area contributed by atoms with Gasteiger partial charge in [-0.2, -0.15) is 0 Å². The molecular formula is C15H28O4. The molecule has 19 heavy (non-hydrogen) atoms. The van der Waals surface area contributed by atoms with E-state index < -0.39 is 5.97 Å². The van der Waals surface area contributed by atoms with Gasteiger partial charge in [0.05, 0.1) is 6.61 Å². The summed E-state index contributed by atoms with van der Waals surface area (Å²) in [6, 6.07) is 0. The average Bonchev–Trinajstić information content (AvgIpc) is 2.34. The molecule has 0 saturated heterocycles. The summed E-state index contributed by atoms with van der Waals surface area (Å²) in [5.41, 5.74) is 0. The van der Waals surface area contributed by atoms with Crippen LogP contribution in [-0.2, 0) is 14.3 Å². The van der Waals surface area contributed by atoms with E-state index in [2.05, 4.69) is 20.4 Å². The molecule has 0 aliphatic carbocycles. The molecule has 112 valence electrons. The highest BCUT2D eigenvalue weighted by atomic mass is 16.5. The molecule has 0 aromatic heterocycles. The summed E-state index contributed by atoms with van der Waals surface area (Å²) in [6.45, 7) is 10.0. The van der Waals surface area contributed by atoms with Gasteiger partial charge in [0.1, 0.15) is 0 Å². The van der Waals surface area contributed by atoms with Gasteiger partial charge < -0.3 is 9.84 Å². The number of hydrogen-bond donors (Lipinski definition) is 1. The monoisotopic (exact) mass is 272 g/mol. The van der Waals surface area contributed by atoms with Crippen molar-refractivity contribution in [2.45, 2.75) is 59.3 Å². The molecule has 0 fully saturated rings. The maximum absolute atomic E-state index is 11.0. The minimum absolute atomic E-state index is 0.0450. The highest BCUT2D eigenvalue weighted by Crippen LogP contribution is 2.08. The maximum Gasteiger partial charge on any atom is 0.327 e. The van der Waals surface area contributed by atoms with Crippen molar-refractivity contribution in [3.05, 3.63) is 12.7 Å². The smallest absolute Gasteiger partial charge is 0.327 e. The molecule has 1 N–H and O–H groups in total. The minimum atomic E-state index is -0.981. The fourth-order valence-corrected chi connectivity index (χ4v) is 1.29. The molecular weight excluding hydrogens is 244 g/mol. The van der Waals surface area contributed by atoms with Crippen LogP contribution in [0.5, 0.6) is 0 Å². The van der Waals surface area contributed by atoms with Crippen LogP contribution in [0, 0.1) is 5.92 Å². The van der Waals surface area contributed by atoms with Crippen LogP contribution in [0.3, 0.4) is 0 Å². The maximum atomic E-state index is 11.0. The number of rotatable bonds is 9. The normalized spacial score (nSPS) is 9.47. The number of carboxylic acids is 1. The first-order chi connectivity index (χ1) is 8.93. The number of carboxylic acid groups (broad SMARTS) is 1. The molecule has 0 spiro atoms. The van der Waals surface area contributed by atoms with Gasteiger partial charge in [-0.25, -0.2) is 4.79 Å². The predicted molar refractivity (Wildman–Crippen MR) is 77.0 cm³/mol. The van der Waals surface area contributed by atoms with E-state index in [1.54, 1.807) is 0 Å². The summed E-state index contributed by atoms with van der Waals surface area (Å²) in [4.78, 5) is 20.2. The summed E-state index contributed by atoms with van der Waals surface area (Å²) >= 11 is 0. The second-order valence-electron chi connectivity index (χ2n) is 4.76. The average molecular weight is 272 g/mol. The number of ether oxygens (including phenoxy) is 1. The van der Waals surface area contributed by atoms with Crippen LogP contribution in [0.1, 0.15) is 59.3 Å².